The second kappa shape index (κ2) is 5.84. The first-order valence-electron chi connectivity index (χ1n) is 6.34. The minimum Gasteiger partial charge on any atom is -0.396 e. The molecule has 0 fully saturated rings. The molecule has 5 heteroatoms. The van der Waals surface area contributed by atoms with Crippen LogP contribution in [0.5, 0.6) is 0 Å². The van der Waals surface area contributed by atoms with E-state index >= 15 is 0 Å². The molecule has 0 spiro atoms. The fourth-order valence-electron chi connectivity index (χ4n) is 2.26. The van der Waals surface area contributed by atoms with E-state index in [2.05, 4.69) is 5.32 Å². The molecule has 0 saturated carbocycles. The highest BCUT2D eigenvalue weighted by molar-refractivity contribution is 5.76. The quantitative estimate of drug-likeness (QED) is 0.832. The molecule has 102 valence electrons. The highest BCUT2D eigenvalue weighted by Crippen LogP contribution is 2.25. The standard InChI is InChI=1S/C14H18N2O3/c1-10(18)16-8-12-4-2-3-11(13(12)9-16)7-15-14(19)5-6-17/h2-4,17H,5-9H2,1H3,(H,15,19). The van der Waals surface area contributed by atoms with Crippen LogP contribution >= 0.6 is 0 Å². The highest BCUT2D eigenvalue weighted by Gasteiger charge is 2.22. The number of nitrogens with zero attached hydrogens (tertiary/aromatic N) is 1. The lowest BCUT2D eigenvalue weighted by Gasteiger charge is -2.12. The molecular weight excluding hydrogens is 244 g/mol. The number of aliphatic hydroxyl groups is 1. The molecule has 5 nitrogen and oxygen atoms in total. The van der Waals surface area contributed by atoms with Crippen LogP contribution in [0, 0.1) is 0 Å². The van der Waals surface area contributed by atoms with Gasteiger partial charge in [-0.25, -0.2) is 0 Å². The first-order chi connectivity index (χ1) is 9.11. The number of carbonyl (C=O) groups excluding carboxylic acids is 2. The van der Waals surface area contributed by atoms with Gasteiger partial charge in [0.05, 0.1) is 6.61 Å². The van der Waals surface area contributed by atoms with E-state index in [-0.39, 0.29) is 24.8 Å². The fourth-order valence-corrected chi connectivity index (χ4v) is 2.26. The molecular formula is C14H18N2O3. The first-order valence-corrected chi connectivity index (χ1v) is 6.34. The van der Waals surface area contributed by atoms with Gasteiger partial charge in [0.25, 0.3) is 0 Å². The lowest BCUT2D eigenvalue weighted by molar-refractivity contribution is -0.129. The predicted octanol–water partition coefficient (Wildman–Crippen LogP) is 0.547. The van der Waals surface area contributed by atoms with Crippen molar-refractivity contribution >= 4 is 11.8 Å². The van der Waals surface area contributed by atoms with Gasteiger partial charge in [0.1, 0.15) is 0 Å². The van der Waals surface area contributed by atoms with Crippen molar-refractivity contribution in [1.82, 2.24) is 10.2 Å². The van der Waals surface area contributed by atoms with E-state index in [0.717, 1.165) is 16.7 Å². The lowest BCUT2D eigenvalue weighted by Crippen LogP contribution is -2.24. The molecule has 1 heterocycles. The van der Waals surface area contributed by atoms with Crippen LogP contribution in [-0.4, -0.2) is 28.4 Å². The van der Waals surface area contributed by atoms with Gasteiger partial charge in [-0.1, -0.05) is 18.2 Å². The van der Waals surface area contributed by atoms with E-state index in [4.69, 9.17) is 5.11 Å². The summed E-state index contributed by atoms with van der Waals surface area (Å²) < 4.78 is 0. The summed E-state index contributed by atoms with van der Waals surface area (Å²) >= 11 is 0. The van der Waals surface area contributed by atoms with Crippen molar-refractivity contribution < 1.29 is 14.7 Å². The minimum absolute atomic E-state index is 0.0615. The largest absolute Gasteiger partial charge is 0.396 e. The van der Waals surface area contributed by atoms with E-state index in [1.165, 1.54) is 0 Å². The third kappa shape index (κ3) is 3.12. The highest BCUT2D eigenvalue weighted by atomic mass is 16.3. The maximum atomic E-state index is 11.4. The lowest BCUT2D eigenvalue weighted by atomic mass is 10.0. The van der Waals surface area contributed by atoms with Gasteiger partial charge in [-0.2, -0.15) is 0 Å². The van der Waals surface area contributed by atoms with Crippen molar-refractivity contribution in [3.05, 3.63) is 34.9 Å². The molecule has 0 radical (unpaired) electrons. The Labute approximate surface area is 112 Å². The van der Waals surface area contributed by atoms with Crippen molar-refractivity contribution in [2.24, 2.45) is 0 Å². The van der Waals surface area contributed by atoms with Crippen molar-refractivity contribution in [3.8, 4) is 0 Å². The molecule has 1 aromatic rings. The molecule has 1 aromatic carbocycles. The zero-order chi connectivity index (χ0) is 13.8. The zero-order valence-corrected chi connectivity index (χ0v) is 11.0. The number of hydrogen-bond donors (Lipinski definition) is 2. The molecule has 0 bridgehead atoms. The second-order valence-electron chi connectivity index (χ2n) is 4.68. The van der Waals surface area contributed by atoms with Crippen molar-refractivity contribution in [2.75, 3.05) is 6.61 Å². The molecule has 2 amide bonds. The molecule has 2 rings (SSSR count). The van der Waals surface area contributed by atoms with E-state index in [9.17, 15) is 9.59 Å². The summed E-state index contributed by atoms with van der Waals surface area (Å²) in [4.78, 5) is 24.5. The van der Waals surface area contributed by atoms with E-state index in [1.807, 2.05) is 18.2 Å². The van der Waals surface area contributed by atoms with Gasteiger partial charge in [-0.05, 0) is 16.7 Å². The Morgan fingerprint density at radius 3 is 2.84 bits per heavy atom. The second-order valence-corrected chi connectivity index (χ2v) is 4.68. The smallest absolute Gasteiger partial charge is 0.222 e. The SMILES string of the molecule is CC(=O)N1Cc2cccc(CNC(=O)CCO)c2C1. The molecule has 2 N–H and O–H groups in total. The summed E-state index contributed by atoms with van der Waals surface area (Å²) in [5, 5.41) is 11.5. The average molecular weight is 262 g/mol. The molecule has 1 aliphatic rings. The average Bonchev–Trinajstić information content (AvgIpc) is 2.81. The fraction of sp³-hybridized carbons (Fsp3) is 0.429. The van der Waals surface area contributed by atoms with E-state index < -0.39 is 0 Å². The Kier molecular flexibility index (Phi) is 4.16. The number of amides is 2. The molecule has 0 unspecified atom stereocenters. The van der Waals surface area contributed by atoms with Crippen molar-refractivity contribution in [1.29, 1.82) is 0 Å². The molecule has 0 aliphatic carbocycles. The number of aliphatic hydroxyl groups excluding tert-OH is 1. The molecule has 0 saturated heterocycles. The Balaban J connectivity index is 2.06. The van der Waals surface area contributed by atoms with Gasteiger partial charge in [-0.15, -0.1) is 0 Å². The summed E-state index contributed by atoms with van der Waals surface area (Å²) in [5.41, 5.74) is 3.30. The van der Waals surface area contributed by atoms with Crippen LogP contribution in [0.1, 0.15) is 30.0 Å². The van der Waals surface area contributed by atoms with E-state index in [1.54, 1.807) is 11.8 Å². The van der Waals surface area contributed by atoms with Gasteiger partial charge < -0.3 is 15.3 Å². The van der Waals surface area contributed by atoms with Crippen LogP contribution in [0.2, 0.25) is 0 Å². The number of hydrogen-bond acceptors (Lipinski definition) is 3. The number of nitrogens with one attached hydrogen (secondary N) is 1. The number of fused-ring (bicyclic) bond motifs is 1. The van der Waals surface area contributed by atoms with Crippen LogP contribution in [0.15, 0.2) is 18.2 Å². The van der Waals surface area contributed by atoms with Crippen molar-refractivity contribution in [3.63, 3.8) is 0 Å². The molecule has 0 aromatic heterocycles. The maximum Gasteiger partial charge on any atom is 0.222 e. The summed E-state index contributed by atoms with van der Waals surface area (Å²) in [7, 11) is 0. The van der Waals surface area contributed by atoms with Crippen molar-refractivity contribution in [2.45, 2.75) is 33.0 Å². The normalized spacial score (nSPS) is 13.3. The van der Waals surface area contributed by atoms with Gasteiger partial charge >= 0.3 is 0 Å². The van der Waals surface area contributed by atoms with Crippen LogP contribution in [-0.2, 0) is 29.2 Å². The van der Waals surface area contributed by atoms with Gasteiger partial charge in [0, 0.05) is 33.0 Å². The topological polar surface area (TPSA) is 69.6 Å². The van der Waals surface area contributed by atoms with Crippen LogP contribution in [0.3, 0.4) is 0 Å². The Morgan fingerprint density at radius 2 is 2.16 bits per heavy atom. The number of carbonyl (C=O) groups is 2. The summed E-state index contributed by atoms with van der Waals surface area (Å²) in [6, 6.07) is 5.91. The Hall–Kier alpha value is -1.88. The van der Waals surface area contributed by atoms with Crippen LogP contribution in [0.25, 0.3) is 0 Å². The van der Waals surface area contributed by atoms with Gasteiger partial charge in [0.2, 0.25) is 11.8 Å². The van der Waals surface area contributed by atoms with Crippen LogP contribution in [0.4, 0.5) is 0 Å². The monoisotopic (exact) mass is 262 g/mol. The van der Waals surface area contributed by atoms with E-state index in [0.29, 0.717) is 19.6 Å². The van der Waals surface area contributed by atoms with Gasteiger partial charge in [0.15, 0.2) is 0 Å². The number of benzene rings is 1. The summed E-state index contributed by atoms with van der Waals surface area (Å²) in [5.74, 6) is -0.104. The number of rotatable bonds is 4. The molecule has 1 aliphatic heterocycles. The third-order valence-corrected chi connectivity index (χ3v) is 3.34. The van der Waals surface area contributed by atoms with Crippen LogP contribution < -0.4 is 5.32 Å². The Bertz CT molecular complexity index is 499. The summed E-state index contributed by atoms with van der Waals surface area (Å²) in [6.07, 6.45) is 0.120. The third-order valence-electron chi connectivity index (χ3n) is 3.34. The molecule has 19 heavy (non-hydrogen) atoms. The first kappa shape index (κ1) is 13.5. The van der Waals surface area contributed by atoms with Gasteiger partial charge in [-0.3, -0.25) is 9.59 Å². The zero-order valence-electron chi connectivity index (χ0n) is 11.0. The minimum atomic E-state index is -0.165. The Morgan fingerprint density at radius 1 is 1.37 bits per heavy atom. The predicted molar refractivity (Wildman–Crippen MR) is 69.9 cm³/mol. The maximum absolute atomic E-state index is 11.4. The molecule has 0 atom stereocenters. The summed E-state index contributed by atoms with van der Waals surface area (Å²) in [6.45, 7) is 3.11.